The van der Waals surface area contributed by atoms with E-state index in [1.807, 2.05) is 36.1 Å². The van der Waals surface area contributed by atoms with E-state index >= 15 is 0 Å². The average Bonchev–Trinajstić information content (AvgIpc) is 2.51. The first-order valence-corrected chi connectivity index (χ1v) is 7.98. The molecule has 1 fully saturated rings. The van der Waals surface area contributed by atoms with Crippen LogP contribution in [-0.2, 0) is 4.79 Å². The summed E-state index contributed by atoms with van der Waals surface area (Å²) in [6.45, 7) is 14.2. The lowest BCUT2D eigenvalue weighted by atomic mass is 10.1. The van der Waals surface area contributed by atoms with Gasteiger partial charge in [0.05, 0.1) is 32.7 Å². The third-order valence-electron chi connectivity index (χ3n) is 4.35. The minimum atomic E-state index is -0.442. The molecule has 1 aliphatic rings. The van der Waals surface area contributed by atoms with Gasteiger partial charge >= 0.3 is 0 Å². The molecule has 4 heteroatoms. The Hall–Kier alpha value is -1.81. The zero-order valence-electron chi connectivity index (χ0n) is 13.9. The van der Waals surface area contributed by atoms with Crippen LogP contribution in [0.4, 0.5) is 0 Å². The molecule has 1 N–H and O–H groups in total. The molecule has 1 atom stereocenters. The molecule has 1 heterocycles. The highest BCUT2D eigenvalue weighted by Crippen LogP contribution is 2.18. The smallest absolute Gasteiger partial charge is 0.263 e. The number of nitrogens with one attached hydrogen (secondary N) is 1. The van der Waals surface area contributed by atoms with Crippen LogP contribution in [0.2, 0.25) is 0 Å². The maximum atomic E-state index is 12.5. The molecule has 22 heavy (non-hydrogen) atoms. The Morgan fingerprint density at radius 2 is 2.05 bits per heavy atom. The monoisotopic (exact) mass is 303 g/mol. The van der Waals surface area contributed by atoms with Gasteiger partial charge in [0.25, 0.3) is 5.91 Å². The number of ether oxygens (including phenoxy) is 1. The molecule has 0 aliphatic carbocycles. The molecule has 0 radical (unpaired) electrons. The summed E-state index contributed by atoms with van der Waals surface area (Å²) in [6, 6.07) is 5.95. The van der Waals surface area contributed by atoms with E-state index in [4.69, 9.17) is 4.74 Å². The highest BCUT2D eigenvalue weighted by atomic mass is 16.5. The number of piperazine rings is 1. The second kappa shape index (κ2) is 7.45. The topological polar surface area (TPSA) is 34.0 Å². The van der Waals surface area contributed by atoms with Crippen LogP contribution >= 0.6 is 0 Å². The number of benzene rings is 1. The average molecular weight is 303 g/mol. The quantitative estimate of drug-likeness (QED) is 0.823. The van der Waals surface area contributed by atoms with Crippen molar-refractivity contribution in [1.82, 2.24) is 4.90 Å². The Balaban J connectivity index is 1.89. The van der Waals surface area contributed by atoms with Crippen LogP contribution in [0.25, 0.3) is 0 Å². The number of hydrogen-bond donors (Lipinski definition) is 1. The van der Waals surface area contributed by atoms with E-state index in [0.29, 0.717) is 0 Å². The number of aryl methyl sites for hydroxylation is 2. The summed E-state index contributed by atoms with van der Waals surface area (Å²) in [7, 11) is 0. The highest BCUT2D eigenvalue weighted by Gasteiger charge is 2.27. The summed E-state index contributed by atoms with van der Waals surface area (Å²) in [5, 5.41) is 0. The lowest BCUT2D eigenvalue weighted by Crippen LogP contribution is -3.14. The van der Waals surface area contributed by atoms with Crippen LogP contribution in [0.15, 0.2) is 30.9 Å². The number of nitrogens with zero attached hydrogens (tertiary/aromatic N) is 1. The normalized spacial score (nSPS) is 17.1. The molecule has 0 aromatic heterocycles. The predicted molar refractivity (Wildman–Crippen MR) is 88.3 cm³/mol. The third-order valence-corrected chi connectivity index (χ3v) is 4.35. The van der Waals surface area contributed by atoms with Gasteiger partial charge in [-0.25, -0.2) is 0 Å². The van der Waals surface area contributed by atoms with E-state index in [1.165, 1.54) is 16.0 Å². The maximum Gasteiger partial charge on any atom is 0.263 e. The summed E-state index contributed by atoms with van der Waals surface area (Å²) in [6.07, 6.45) is 1.50. The van der Waals surface area contributed by atoms with Gasteiger partial charge in [-0.3, -0.25) is 4.79 Å². The Bertz CT molecular complexity index is 534. The first-order chi connectivity index (χ1) is 10.5. The van der Waals surface area contributed by atoms with E-state index in [2.05, 4.69) is 20.4 Å². The lowest BCUT2D eigenvalue weighted by molar-refractivity contribution is -0.898. The van der Waals surface area contributed by atoms with Crippen LogP contribution in [0.1, 0.15) is 18.1 Å². The van der Waals surface area contributed by atoms with Gasteiger partial charge in [-0.15, -0.1) is 0 Å². The van der Waals surface area contributed by atoms with Crippen molar-refractivity contribution < 1.29 is 14.4 Å². The summed E-state index contributed by atoms with van der Waals surface area (Å²) in [5.41, 5.74) is 2.41. The molecule has 0 saturated carbocycles. The van der Waals surface area contributed by atoms with Crippen LogP contribution in [-0.4, -0.2) is 49.6 Å². The number of quaternary nitrogens is 1. The van der Waals surface area contributed by atoms with Gasteiger partial charge < -0.3 is 14.5 Å². The Labute approximate surface area is 133 Å². The molecule has 0 spiro atoms. The molecule has 4 nitrogen and oxygen atoms in total. The molecule has 1 aromatic carbocycles. The summed E-state index contributed by atoms with van der Waals surface area (Å²) < 4.78 is 5.83. The van der Waals surface area contributed by atoms with Crippen molar-refractivity contribution in [2.75, 3.05) is 32.7 Å². The molecular weight excluding hydrogens is 276 g/mol. The second-order valence-corrected chi connectivity index (χ2v) is 6.07. The van der Waals surface area contributed by atoms with E-state index in [-0.39, 0.29) is 5.91 Å². The Morgan fingerprint density at radius 3 is 2.64 bits per heavy atom. The molecule has 0 unspecified atom stereocenters. The van der Waals surface area contributed by atoms with Crippen molar-refractivity contribution >= 4 is 5.91 Å². The summed E-state index contributed by atoms with van der Waals surface area (Å²) in [5.74, 6) is 0.843. The fraction of sp³-hybridized carbons (Fsp3) is 0.500. The van der Waals surface area contributed by atoms with Crippen molar-refractivity contribution in [1.29, 1.82) is 0 Å². The van der Waals surface area contributed by atoms with Crippen LogP contribution in [0.5, 0.6) is 5.75 Å². The molecule has 1 amide bonds. The van der Waals surface area contributed by atoms with Gasteiger partial charge in [-0.2, -0.15) is 0 Å². The van der Waals surface area contributed by atoms with Crippen molar-refractivity contribution in [3.63, 3.8) is 0 Å². The van der Waals surface area contributed by atoms with Crippen LogP contribution < -0.4 is 9.64 Å². The number of hydrogen-bond acceptors (Lipinski definition) is 2. The zero-order valence-corrected chi connectivity index (χ0v) is 13.9. The van der Waals surface area contributed by atoms with Gasteiger partial charge in [0.1, 0.15) is 5.75 Å². The number of rotatable bonds is 5. The van der Waals surface area contributed by atoms with E-state index in [1.54, 1.807) is 0 Å². The van der Waals surface area contributed by atoms with Crippen LogP contribution in [0, 0.1) is 13.8 Å². The highest BCUT2D eigenvalue weighted by molar-refractivity contribution is 5.81. The maximum absolute atomic E-state index is 12.5. The lowest BCUT2D eigenvalue weighted by Gasteiger charge is -2.33. The molecule has 2 rings (SSSR count). The summed E-state index contributed by atoms with van der Waals surface area (Å²) >= 11 is 0. The zero-order chi connectivity index (χ0) is 16.1. The summed E-state index contributed by atoms with van der Waals surface area (Å²) in [4.78, 5) is 15.9. The SMILES string of the molecule is C=CC[NH+]1CCN(C(=O)[C@H](C)Oc2ccc(C)c(C)c2)CC1. The molecule has 0 bridgehead atoms. The molecule has 120 valence electrons. The van der Waals surface area contributed by atoms with Gasteiger partial charge in [0.15, 0.2) is 6.10 Å². The largest absolute Gasteiger partial charge is 0.481 e. The van der Waals surface area contributed by atoms with Crippen molar-refractivity contribution in [3.05, 3.63) is 42.0 Å². The molecule has 1 aliphatic heterocycles. The minimum absolute atomic E-state index is 0.0795. The molecular formula is C18H27N2O2+. The first kappa shape index (κ1) is 16.6. The fourth-order valence-electron chi connectivity index (χ4n) is 2.75. The molecule has 1 aromatic rings. The van der Waals surface area contributed by atoms with Crippen molar-refractivity contribution in [2.45, 2.75) is 26.9 Å². The van der Waals surface area contributed by atoms with Gasteiger partial charge in [0.2, 0.25) is 0 Å². The van der Waals surface area contributed by atoms with E-state index < -0.39 is 6.10 Å². The molecule has 1 saturated heterocycles. The second-order valence-electron chi connectivity index (χ2n) is 6.07. The van der Waals surface area contributed by atoms with Crippen molar-refractivity contribution in [2.24, 2.45) is 0 Å². The number of carbonyl (C=O) groups is 1. The number of amides is 1. The predicted octanol–water partition coefficient (Wildman–Crippen LogP) is 0.984. The number of carbonyl (C=O) groups excluding carboxylic acids is 1. The fourth-order valence-corrected chi connectivity index (χ4v) is 2.75. The minimum Gasteiger partial charge on any atom is -0.481 e. The Kier molecular flexibility index (Phi) is 5.61. The first-order valence-electron chi connectivity index (χ1n) is 7.98. The van der Waals surface area contributed by atoms with Crippen LogP contribution in [0.3, 0.4) is 0 Å². The van der Waals surface area contributed by atoms with Gasteiger partial charge in [-0.05, 0) is 50.1 Å². The third kappa shape index (κ3) is 4.10. The Morgan fingerprint density at radius 1 is 1.36 bits per heavy atom. The standard InChI is InChI=1S/C18H26N2O2/c1-5-8-19-9-11-20(12-10-19)18(21)16(4)22-17-7-6-14(2)15(3)13-17/h5-7,13,16H,1,8-12H2,2-4H3/p+1/t16-/m0/s1. The van der Waals surface area contributed by atoms with E-state index in [9.17, 15) is 4.79 Å². The van der Waals surface area contributed by atoms with Crippen molar-refractivity contribution in [3.8, 4) is 5.75 Å². The van der Waals surface area contributed by atoms with E-state index in [0.717, 1.165) is 38.5 Å². The van der Waals surface area contributed by atoms with Gasteiger partial charge in [0, 0.05) is 0 Å². The van der Waals surface area contributed by atoms with Gasteiger partial charge in [-0.1, -0.05) is 12.6 Å².